The third-order valence-electron chi connectivity index (χ3n) is 2.08. The molecule has 0 bridgehead atoms. The third-order valence-corrected chi connectivity index (χ3v) is 2.08. The number of carbonyl (C=O) groups is 1. The Labute approximate surface area is 98.6 Å². The second kappa shape index (κ2) is 5.91. The zero-order chi connectivity index (χ0) is 12.8. The van der Waals surface area contributed by atoms with Crippen LogP contribution in [0.5, 0.6) is 11.5 Å². The van der Waals surface area contributed by atoms with Gasteiger partial charge in [0.15, 0.2) is 17.6 Å². The lowest BCUT2D eigenvalue weighted by atomic mass is 10.1. The van der Waals surface area contributed by atoms with E-state index in [1.165, 1.54) is 24.3 Å². The van der Waals surface area contributed by atoms with Crippen molar-refractivity contribution in [2.24, 2.45) is 0 Å². The van der Waals surface area contributed by atoms with Crippen LogP contribution in [0.1, 0.15) is 5.56 Å². The Morgan fingerprint density at radius 1 is 1.41 bits per heavy atom. The van der Waals surface area contributed by atoms with E-state index in [0.29, 0.717) is 5.56 Å². The van der Waals surface area contributed by atoms with E-state index in [0.717, 1.165) is 0 Å². The van der Waals surface area contributed by atoms with Crippen LogP contribution in [0.2, 0.25) is 0 Å². The van der Waals surface area contributed by atoms with Gasteiger partial charge in [-0.25, -0.2) is 4.79 Å². The number of aromatic hydroxyl groups is 2. The van der Waals surface area contributed by atoms with Crippen LogP contribution in [0, 0.1) is 0 Å². The van der Waals surface area contributed by atoms with Gasteiger partial charge in [-0.2, -0.15) is 0 Å². The summed E-state index contributed by atoms with van der Waals surface area (Å²) in [6.07, 6.45) is 0.0970. The number of benzene rings is 1. The van der Waals surface area contributed by atoms with Gasteiger partial charge in [0.1, 0.15) is 6.61 Å². The van der Waals surface area contributed by atoms with Gasteiger partial charge < -0.3 is 20.1 Å². The molecule has 0 radical (unpaired) electrons. The van der Waals surface area contributed by atoms with E-state index in [1.807, 2.05) is 0 Å². The van der Waals surface area contributed by atoms with E-state index in [2.05, 4.69) is 11.3 Å². The van der Waals surface area contributed by atoms with E-state index < -0.39 is 12.1 Å². The summed E-state index contributed by atoms with van der Waals surface area (Å²) >= 11 is 0. The monoisotopic (exact) mass is 238 g/mol. The molecule has 1 unspecified atom stereocenters. The maximum Gasteiger partial charge on any atom is 0.335 e. The van der Waals surface area contributed by atoms with Crippen LogP contribution >= 0.6 is 0 Å². The Kier molecular flexibility index (Phi) is 4.54. The van der Waals surface area contributed by atoms with Gasteiger partial charge in [-0.15, -0.1) is 0 Å². The van der Waals surface area contributed by atoms with Gasteiger partial charge in [0.05, 0.1) is 0 Å². The van der Waals surface area contributed by atoms with Gasteiger partial charge in [-0.1, -0.05) is 18.7 Å². The summed E-state index contributed by atoms with van der Waals surface area (Å²) in [5.74, 6) is -1.30. The number of esters is 1. The molecular weight excluding hydrogens is 224 g/mol. The lowest BCUT2D eigenvalue weighted by molar-refractivity contribution is -0.152. The molecule has 92 valence electrons. The van der Waals surface area contributed by atoms with Gasteiger partial charge in [0.25, 0.3) is 0 Å². The van der Waals surface area contributed by atoms with Gasteiger partial charge in [0, 0.05) is 6.42 Å². The first-order valence-electron chi connectivity index (χ1n) is 5.01. The Bertz CT molecular complexity index is 413. The first kappa shape index (κ1) is 13.1. The highest BCUT2D eigenvalue weighted by molar-refractivity contribution is 5.74. The van der Waals surface area contributed by atoms with Crippen molar-refractivity contribution in [3.63, 3.8) is 0 Å². The number of rotatable bonds is 5. The summed E-state index contributed by atoms with van der Waals surface area (Å²) in [7, 11) is 0. The molecule has 0 aliphatic rings. The van der Waals surface area contributed by atoms with Gasteiger partial charge in [-0.05, 0) is 17.7 Å². The second-order valence-corrected chi connectivity index (χ2v) is 3.46. The van der Waals surface area contributed by atoms with Gasteiger partial charge >= 0.3 is 5.97 Å². The molecule has 0 aromatic heterocycles. The van der Waals surface area contributed by atoms with Crippen LogP contribution in [0.25, 0.3) is 0 Å². The van der Waals surface area contributed by atoms with E-state index in [1.54, 1.807) is 0 Å². The molecule has 0 spiro atoms. The molecule has 1 aromatic carbocycles. The van der Waals surface area contributed by atoms with Crippen molar-refractivity contribution in [3.05, 3.63) is 36.4 Å². The molecular formula is C12H14O5. The smallest absolute Gasteiger partial charge is 0.335 e. The zero-order valence-corrected chi connectivity index (χ0v) is 9.17. The predicted molar refractivity (Wildman–Crippen MR) is 60.6 cm³/mol. The van der Waals surface area contributed by atoms with E-state index in [-0.39, 0.29) is 24.5 Å². The topological polar surface area (TPSA) is 87.0 Å². The fourth-order valence-electron chi connectivity index (χ4n) is 1.24. The number of aliphatic hydroxyl groups excluding tert-OH is 1. The normalized spacial score (nSPS) is 11.8. The van der Waals surface area contributed by atoms with Crippen molar-refractivity contribution >= 4 is 5.97 Å². The summed E-state index contributed by atoms with van der Waals surface area (Å²) in [4.78, 5) is 11.2. The molecule has 17 heavy (non-hydrogen) atoms. The highest BCUT2D eigenvalue weighted by Crippen LogP contribution is 2.25. The molecule has 1 rings (SSSR count). The van der Waals surface area contributed by atoms with Crippen molar-refractivity contribution in [1.82, 2.24) is 0 Å². The highest BCUT2D eigenvalue weighted by atomic mass is 16.5. The molecule has 3 N–H and O–H groups in total. The average Bonchev–Trinajstić information content (AvgIpc) is 2.30. The Morgan fingerprint density at radius 3 is 2.71 bits per heavy atom. The van der Waals surface area contributed by atoms with Crippen molar-refractivity contribution in [1.29, 1.82) is 0 Å². The summed E-state index contributed by atoms with van der Waals surface area (Å²) in [6, 6.07) is 4.06. The first-order valence-corrected chi connectivity index (χ1v) is 5.01. The first-order chi connectivity index (χ1) is 8.04. The van der Waals surface area contributed by atoms with Crippen LogP contribution in [0.15, 0.2) is 30.9 Å². The van der Waals surface area contributed by atoms with Gasteiger partial charge in [0.2, 0.25) is 0 Å². The van der Waals surface area contributed by atoms with Crippen LogP contribution in [0.4, 0.5) is 0 Å². The zero-order valence-electron chi connectivity index (χ0n) is 9.17. The molecule has 0 amide bonds. The third kappa shape index (κ3) is 3.81. The van der Waals surface area contributed by atoms with Crippen molar-refractivity contribution < 1.29 is 24.9 Å². The second-order valence-electron chi connectivity index (χ2n) is 3.46. The van der Waals surface area contributed by atoms with Crippen molar-refractivity contribution in [2.45, 2.75) is 12.5 Å². The molecule has 0 aliphatic heterocycles. The SMILES string of the molecule is C=CCOC(=O)C(O)Cc1ccc(O)c(O)c1. The lowest BCUT2D eigenvalue weighted by Gasteiger charge is -2.10. The highest BCUT2D eigenvalue weighted by Gasteiger charge is 2.17. The molecule has 1 atom stereocenters. The maximum absolute atomic E-state index is 11.2. The van der Waals surface area contributed by atoms with Crippen molar-refractivity contribution in [2.75, 3.05) is 6.61 Å². The standard InChI is InChI=1S/C12H14O5/c1-2-5-17-12(16)11(15)7-8-3-4-9(13)10(14)6-8/h2-4,6,11,13-15H,1,5,7H2. The fraction of sp³-hybridized carbons (Fsp3) is 0.250. The van der Waals surface area contributed by atoms with Crippen LogP contribution in [-0.2, 0) is 16.0 Å². The lowest BCUT2D eigenvalue weighted by Crippen LogP contribution is -2.25. The molecule has 5 nitrogen and oxygen atoms in total. The summed E-state index contributed by atoms with van der Waals surface area (Å²) in [5, 5.41) is 27.8. The fourth-order valence-corrected chi connectivity index (χ4v) is 1.24. The molecule has 0 saturated heterocycles. The largest absolute Gasteiger partial charge is 0.504 e. The quantitative estimate of drug-likeness (QED) is 0.400. The number of phenolic OH excluding ortho intramolecular Hbond substituents is 2. The van der Waals surface area contributed by atoms with Crippen LogP contribution in [-0.4, -0.2) is 34.0 Å². The maximum atomic E-state index is 11.2. The summed E-state index contributed by atoms with van der Waals surface area (Å²) in [6.45, 7) is 3.42. The number of hydrogen-bond donors (Lipinski definition) is 3. The molecule has 1 aromatic rings. The number of carbonyl (C=O) groups excluding carboxylic acids is 1. The van der Waals surface area contributed by atoms with Gasteiger partial charge in [-0.3, -0.25) is 0 Å². The number of hydrogen-bond acceptors (Lipinski definition) is 5. The number of aliphatic hydroxyl groups is 1. The minimum absolute atomic E-state index is 0.00379. The molecule has 0 saturated carbocycles. The number of phenols is 2. The molecule has 0 aliphatic carbocycles. The average molecular weight is 238 g/mol. The minimum atomic E-state index is -1.31. The predicted octanol–water partition coefficient (Wildman–Crippen LogP) is 0.730. The molecule has 5 heteroatoms. The van der Waals surface area contributed by atoms with Crippen molar-refractivity contribution in [3.8, 4) is 11.5 Å². The Morgan fingerprint density at radius 2 is 2.12 bits per heavy atom. The van der Waals surface area contributed by atoms with Crippen LogP contribution in [0.3, 0.4) is 0 Å². The Hall–Kier alpha value is -2.01. The summed E-state index contributed by atoms with van der Waals surface area (Å²) < 4.78 is 4.66. The van der Waals surface area contributed by atoms with E-state index in [4.69, 9.17) is 5.11 Å². The molecule has 0 fully saturated rings. The van der Waals surface area contributed by atoms with E-state index >= 15 is 0 Å². The van der Waals surface area contributed by atoms with Crippen LogP contribution < -0.4 is 0 Å². The van der Waals surface area contributed by atoms with E-state index in [9.17, 15) is 15.0 Å². The molecule has 0 heterocycles. The summed E-state index contributed by atoms with van der Waals surface area (Å²) in [5.41, 5.74) is 0.517. The Balaban J connectivity index is 2.61. The minimum Gasteiger partial charge on any atom is -0.504 e. The number of ether oxygens (including phenoxy) is 1.